The van der Waals surface area contributed by atoms with Gasteiger partial charge in [-0.2, -0.15) is 0 Å². The van der Waals surface area contributed by atoms with Crippen LogP contribution in [0.3, 0.4) is 0 Å². The zero-order chi connectivity index (χ0) is 34.5. The first-order valence-corrected chi connectivity index (χ1v) is 13.5. The van der Waals surface area contributed by atoms with E-state index in [2.05, 4.69) is 0 Å². The second-order valence-corrected chi connectivity index (χ2v) is 13.8. The highest BCUT2D eigenvalue weighted by molar-refractivity contribution is 5.91. The maximum absolute atomic E-state index is 14.1. The fourth-order valence-corrected chi connectivity index (χ4v) is 9.93. The van der Waals surface area contributed by atoms with Crippen molar-refractivity contribution in [3.8, 4) is 11.5 Å². The number of hydrogen-bond donors (Lipinski definition) is 1. The lowest BCUT2D eigenvalue weighted by Gasteiger charge is -2.80. The first kappa shape index (κ1) is 17.9. The molecule has 3 fully saturated rings. The van der Waals surface area contributed by atoms with Crippen LogP contribution >= 0.6 is 0 Å². The summed E-state index contributed by atoms with van der Waals surface area (Å²) in [6.07, 6.45) is -7.04. The van der Waals surface area contributed by atoms with E-state index in [0.29, 0.717) is 17.1 Å². The van der Waals surface area contributed by atoms with Gasteiger partial charge in [-0.1, -0.05) is 13.8 Å². The normalized spacial score (nSPS) is 47.3. The molecule has 1 aromatic carbocycles. The van der Waals surface area contributed by atoms with Crippen molar-refractivity contribution >= 4 is 5.78 Å². The van der Waals surface area contributed by atoms with Gasteiger partial charge in [0.25, 0.3) is 0 Å². The van der Waals surface area contributed by atoms with Gasteiger partial charge in [0.2, 0.25) is 0 Å². The van der Waals surface area contributed by atoms with Crippen LogP contribution in [0.5, 0.6) is 11.5 Å². The third-order valence-electron chi connectivity index (χ3n) is 11.7. The Morgan fingerprint density at radius 3 is 2.35 bits per heavy atom. The Morgan fingerprint density at radius 1 is 1.19 bits per heavy atom. The molecule has 2 aliphatic heterocycles. The van der Waals surface area contributed by atoms with Gasteiger partial charge in [0, 0.05) is 35.6 Å². The molecule has 1 N–H and O–H groups in total. The fourth-order valence-electron chi connectivity index (χ4n) is 9.93. The lowest BCUT2D eigenvalue weighted by molar-refractivity contribution is -1.04. The predicted molar refractivity (Wildman–Crippen MR) is 145 cm³/mol. The molecule has 1 aromatic rings. The Bertz CT molecular complexity index is 1570. The largest absolute Gasteiger partial charge is 0.493 e. The van der Waals surface area contributed by atoms with E-state index in [1.54, 1.807) is 21.0 Å². The number of hydrogen-bond acceptors (Lipinski definition) is 4. The number of quaternary nitrogens is 1. The van der Waals surface area contributed by atoms with Crippen LogP contribution in [0.25, 0.3) is 0 Å². The molecule has 1 saturated heterocycles. The number of Topliss-reactive ketones (excluding diaryl/α,β-unsaturated/α-hetero) is 1. The monoisotopic (exact) mass is 518 g/mol. The topological polar surface area (TPSA) is 55.8 Å². The lowest BCUT2D eigenvalue weighted by Crippen LogP contribution is -2.95. The van der Waals surface area contributed by atoms with Gasteiger partial charge in [-0.05, 0) is 91.2 Å². The van der Waals surface area contributed by atoms with Crippen LogP contribution in [0, 0.1) is 25.2 Å². The first-order valence-electron chi connectivity index (χ1n) is 17.5. The molecule has 5 aliphatic rings. The van der Waals surface area contributed by atoms with Gasteiger partial charge in [-0.15, -0.1) is 0 Å². The fraction of sp³-hybridized carbons (Fsp3) is 0.781. The molecule has 0 aromatic heterocycles. The van der Waals surface area contributed by atoms with E-state index in [0.717, 1.165) is 16.7 Å². The SMILES string of the molecule is [2H]C1([2H])C([2H])([2H])C1([2H])C([2H])([2H])[N+]1(C([2H])(C)C)[C@@H]2C(C)(C)c3c(C)c(C)c(OC)c4c3[C@]3([C@@H](O4)C(=O)CC[C@]23O)C(C)(C)C1(C)C. The lowest BCUT2D eigenvalue weighted by atomic mass is 9.33. The van der Waals surface area contributed by atoms with Crippen LogP contribution in [-0.2, 0) is 15.6 Å². The number of methoxy groups -OCH3 is 1. The molecule has 5 atom stereocenters. The summed E-state index contributed by atoms with van der Waals surface area (Å²) in [5.41, 5.74) is -4.21. The summed E-state index contributed by atoms with van der Waals surface area (Å²) in [6, 6.07) is -3.10. The van der Waals surface area contributed by atoms with Crippen molar-refractivity contribution in [3.05, 3.63) is 22.3 Å². The van der Waals surface area contributed by atoms with Crippen molar-refractivity contribution in [1.82, 2.24) is 0 Å². The van der Waals surface area contributed by atoms with Crippen LogP contribution < -0.4 is 9.47 Å². The van der Waals surface area contributed by atoms with E-state index in [1.807, 2.05) is 41.5 Å². The first-order chi connectivity index (χ1) is 20.0. The predicted octanol–water partition coefficient (Wildman–Crippen LogP) is 5.52. The second-order valence-electron chi connectivity index (χ2n) is 13.8. The second kappa shape index (κ2) is 6.94. The summed E-state index contributed by atoms with van der Waals surface area (Å²) >= 11 is 0. The number of likely N-dealkylation sites (tertiary alicyclic amines) is 1. The van der Waals surface area contributed by atoms with Gasteiger partial charge in [-0.3, -0.25) is 4.79 Å². The van der Waals surface area contributed by atoms with E-state index < -0.39 is 75.2 Å². The molecule has 0 radical (unpaired) electrons. The molecule has 2 heterocycles. The summed E-state index contributed by atoms with van der Waals surface area (Å²) in [5, 5.41) is 13.8. The Morgan fingerprint density at radius 2 is 1.81 bits per heavy atom. The van der Waals surface area contributed by atoms with Crippen molar-refractivity contribution in [2.24, 2.45) is 11.3 Å². The van der Waals surface area contributed by atoms with Crippen LogP contribution in [0.2, 0.25) is 0 Å². The molecule has 37 heavy (non-hydrogen) atoms. The molecule has 3 aliphatic carbocycles. The Hall–Kier alpha value is -1.59. The van der Waals surface area contributed by atoms with Gasteiger partial charge >= 0.3 is 0 Å². The number of ketones is 1. The minimum Gasteiger partial charge on any atom is -0.493 e. The van der Waals surface area contributed by atoms with Crippen molar-refractivity contribution in [3.63, 3.8) is 0 Å². The molecule has 2 saturated carbocycles. The molecule has 0 amide bonds. The zero-order valence-electron chi connectivity index (χ0n) is 32.2. The molecule has 1 spiro atoms. The van der Waals surface area contributed by atoms with Gasteiger partial charge < -0.3 is 19.1 Å². The maximum Gasteiger partial charge on any atom is 0.174 e. The number of nitrogens with zero attached hydrogens (tertiary/aromatic N) is 1. The van der Waals surface area contributed by atoms with E-state index in [1.165, 1.54) is 13.8 Å². The highest BCUT2D eigenvalue weighted by atomic mass is 16.5. The third kappa shape index (κ3) is 2.34. The Kier molecular flexibility index (Phi) is 3.35. The average molecular weight is 519 g/mol. The summed E-state index contributed by atoms with van der Waals surface area (Å²) in [7, 11) is 1.54. The van der Waals surface area contributed by atoms with Crippen molar-refractivity contribution < 1.29 is 34.8 Å². The van der Waals surface area contributed by atoms with Gasteiger partial charge in [0.05, 0.1) is 29.2 Å². The highest BCUT2D eigenvalue weighted by Crippen LogP contribution is 2.78. The average Bonchev–Trinajstić information content (AvgIpc) is 3.12. The van der Waals surface area contributed by atoms with Crippen LogP contribution in [0.4, 0.5) is 0 Å². The number of ether oxygens (including phenoxy) is 2. The van der Waals surface area contributed by atoms with E-state index in [9.17, 15) is 15.4 Å². The van der Waals surface area contributed by atoms with Gasteiger partial charge in [0.15, 0.2) is 23.4 Å². The van der Waals surface area contributed by atoms with Gasteiger partial charge in [-0.25, -0.2) is 0 Å². The number of carbonyl (C=O) groups is 1. The van der Waals surface area contributed by atoms with E-state index in [4.69, 9.17) is 15.0 Å². The Balaban J connectivity index is 1.92. The molecular weight excluding hydrogens is 462 g/mol. The Labute approximate surface area is 234 Å². The van der Waals surface area contributed by atoms with Crippen LogP contribution in [0.1, 0.15) is 114 Å². The number of rotatable bonds is 4. The summed E-state index contributed by atoms with van der Waals surface area (Å²) in [5.74, 6) is -2.26. The van der Waals surface area contributed by atoms with Crippen molar-refractivity contribution in [1.29, 1.82) is 0 Å². The molecule has 204 valence electrons. The molecule has 5 nitrogen and oxygen atoms in total. The molecule has 5 heteroatoms. The van der Waals surface area contributed by atoms with E-state index >= 15 is 0 Å². The number of piperidine rings is 1. The molecule has 6 rings (SSSR count). The standard InChI is InChI=1S/C32H48NO4/c1-17(2)33(16-20-12-13-20)27-28(5,6)22-18(3)19(4)24(36-11)25-23(22)32(29(7,8)30(33,9)10)26(37-25)21(34)14-15-31(27,32)35/h17,20,26-27,35H,12-16H2,1-11H3/q+1/t26-,27+,31-,32-,33?/m0/s1/i12D2,13D2,16D2,17D,20D. The summed E-state index contributed by atoms with van der Waals surface area (Å²) < 4.78 is 85.7. The third-order valence-corrected chi connectivity index (χ3v) is 11.7. The maximum atomic E-state index is 14.1. The molecular formula is C32H48NO4+. The zero-order valence-corrected chi connectivity index (χ0v) is 24.2. The number of aliphatic hydroxyl groups is 1. The van der Waals surface area contributed by atoms with Crippen molar-refractivity contribution in [2.45, 2.75) is 135 Å². The quantitative estimate of drug-likeness (QED) is 0.534. The minimum absolute atomic E-state index is 0.0648. The molecule has 2 bridgehead atoms. The van der Waals surface area contributed by atoms with Gasteiger partial charge in [0.1, 0.15) is 17.2 Å². The van der Waals surface area contributed by atoms with Crippen LogP contribution in [-0.4, -0.2) is 58.3 Å². The number of carbonyl (C=O) groups excluding carboxylic acids is 1. The smallest absolute Gasteiger partial charge is 0.174 e. The number of benzene rings is 1. The van der Waals surface area contributed by atoms with Crippen LogP contribution in [0.15, 0.2) is 0 Å². The summed E-state index contributed by atoms with van der Waals surface area (Å²) in [6.45, 7) is 14.9. The van der Waals surface area contributed by atoms with E-state index in [-0.39, 0.29) is 18.6 Å². The minimum atomic E-state index is -3.07. The summed E-state index contributed by atoms with van der Waals surface area (Å²) in [4.78, 5) is 14.1. The molecule has 1 unspecified atom stereocenters. The van der Waals surface area contributed by atoms with Crippen molar-refractivity contribution in [2.75, 3.05) is 13.6 Å². The highest BCUT2D eigenvalue weighted by Gasteiger charge is 2.89.